The molecule has 5 heteroatoms. The molecule has 0 aliphatic carbocycles. The first-order valence-corrected chi connectivity index (χ1v) is 4.87. The Morgan fingerprint density at radius 2 is 2.00 bits per heavy atom. The van der Waals surface area contributed by atoms with Crippen molar-refractivity contribution in [1.29, 1.82) is 0 Å². The van der Waals surface area contributed by atoms with Crippen molar-refractivity contribution in [3.63, 3.8) is 0 Å². The molecule has 15 heavy (non-hydrogen) atoms. The minimum absolute atomic E-state index is 0.461. The van der Waals surface area contributed by atoms with Crippen LogP contribution in [0.2, 0.25) is 0 Å². The molecule has 1 aromatic rings. The van der Waals surface area contributed by atoms with Crippen LogP contribution in [0.1, 0.15) is 11.1 Å². The number of rotatable bonds is 4. The van der Waals surface area contributed by atoms with Crippen molar-refractivity contribution in [3.05, 3.63) is 29.3 Å². The van der Waals surface area contributed by atoms with E-state index in [1.807, 2.05) is 31.1 Å². The van der Waals surface area contributed by atoms with Gasteiger partial charge in [-0.3, -0.25) is 0 Å². The molecule has 0 saturated carbocycles. The minimum atomic E-state index is -1.42. The van der Waals surface area contributed by atoms with Crippen molar-refractivity contribution in [2.24, 2.45) is 5.73 Å². The molecule has 4 nitrogen and oxygen atoms in total. The van der Waals surface area contributed by atoms with Crippen LogP contribution in [0.15, 0.2) is 18.2 Å². The van der Waals surface area contributed by atoms with Gasteiger partial charge in [-0.15, -0.1) is 0 Å². The smallest absolute Gasteiger partial charge is 0.423 e. The fourth-order valence-electron chi connectivity index (χ4n) is 1.52. The molecule has 0 atom stereocenters. The predicted octanol–water partition coefficient (Wildman–Crippen LogP) is -1.11. The van der Waals surface area contributed by atoms with Gasteiger partial charge in [-0.2, -0.15) is 0 Å². The molecule has 0 radical (unpaired) electrons. The Morgan fingerprint density at radius 3 is 2.47 bits per heavy atom. The fourth-order valence-corrected chi connectivity index (χ4v) is 1.52. The van der Waals surface area contributed by atoms with Gasteiger partial charge in [0.05, 0.1) is 0 Å². The average molecular weight is 208 g/mol. The van der Waals surface area contributed by atoms with Crippen LogP contribution >= 0.6 is 0 Å². The van der Waals surface area contributed by atoms with Gasteiger partial charge in [0.25, 0.3) is 0 Å². The molecule has 1 aromatic carbocycles. The maximum Gasteiger partial charge on any atom is 0.488 e. The summed E-state index contributed by atoms with van der Waals surface area (Å²) in [4.78, 5) is 1.97. The first kappa shape index (κ1) is 12.2. The molecule has 0 fully saturated rings. The van der Waals surface area contributed by atoms with Gasteiger partial charge >= 0.3 is 7.12 Å². The van der Waals surface area contributed by atoms with Gasteiger partial charge in [0.15, 0.2) is 0 Å². The van der Waals surface area contributed by atoms with Gasteiger partial charge in [0.2, 0.25) is 0 Å². The van der Waals surface area contributed by atoms with Crippen LogP contribution in [-0.2, 0) is 13.1 Å². The molecule has 0 saturated heterocycles. The number of hydrogen-bond donors (Lipinski definition) is 3. The molecule has 0 spiro atoms. The SMILES string of the molecule is CN(C)Cc1cc(CN)ccc1B(O)O. The summed E-state index contributed by atoms with van der Waals surface area (Å²) in [6.07, 6.45) is 0. The van der Waals surface area contributed by atoms with Gasteiger partial charge in [0.1, 0.15) is 0 Å². The Hall–Kier alpha value is -0.875. The van der Waals surface area contributed by atoms with Crippen LogP contribution in [0, 0.1) is 0 Å². The molecular weight excluding hydrogens is 191 g/mol. The molecular formula is C10H17BN2O2. The summed E-state index contributed by atoms with van der Waals surface area (Å²) < 4.78 is 0. The van der Waals surface area contributed by atoms with Gasteiger partial charge in [0, 0.05) is 13.1 Å². The zero-order chi connectivity index (χ0) is 11.4. The summed E-state index contributed by atoms with van der Waals surface area (Å²) >= 11 is 0. The molecule has 0 amide bonds. The van der Waals surface area contributed by atoms with E-state index in [4.69, 9.17) is 5.73 Å². The molecule has 0 aromatic heterocycles. The van der Waals surface area contributed by atoms with Crippen LogP contribution in [-0.4, -0.2) is 36.2 Å². The van der Waals surface area contributed by atoms with E-state index in [2.05, 4.69) is 0 Å². The highest BCUT2D eigenvalue weighted by Gasteiger charge is 2.16. The van der Waals surface area contributed by atoms with Crippen molar-refractivity contribution < 1.29 is 10.0 Å². The summed E-state index contributed by atoms with van der Waals surface area (Å²) in [7, 11) is 2.44. The highest BCUT2D eigenvalue weighted by atomic mass is 16.4. The highest BCUT2D eigenvalue weighted by Crippen LogP contribution is 2.05. The maximum absolute atomic E-state index is 9.19. The van der Waals surface area contributed by atoms with Crippen molar-refractivity contribution in [3.8, 4) is 0 Å². The van der Waals surface area contributed by atoms with Crippen molar-refractivity contribution in [2.45, 2.75) is 13.1 Å². The topological polar surface area (TPSA) is 69.7 Å². The van der Waals surface area contributed by atoms with E-state index in [-0.39, 0.29) is 0 Å². The zero-order valence-corrected chi connectivity index (χ0v) is 9.14. The molecule has 82 valence electrons. The standard InChI is InChI=1S/C10H17BN2O2/c1-13(2)7-9-5-8(6-12)3-4-10(9)11(14)15/h3-5,14-15H,6-7,12H2,1-2H3. The third-order valence-electron chi connectivity index (χ3n) is 2.21. The first-order chi connectivity index (χ1) is 7.04. The highest BCUT2D eigenvalue weighted by molar-refractivity contribution is 6.59. The van der Waals surface area contributed by atoms with E-state index in [1.165, 1.54) is 0 Å². The van der Waals surface area contributed by atoms with Gasteiger partial charge in [-0.1, -0.05) is 18.2 Å². The maximum atomic E-state index is 9.19. The Bertz CT molecular complexity index is 329. The summed E-state index contributed by atoms with van der Waals surface area (Å²) in [6, 6.07) is 5.44. The van der Waals surface area contributed by atoms with E-state index in [0.717, 1.165) is 11.1 Å². The van der Waals surface area contributed by atoms with Crippen LogP contribution in [0.4, 0.5) is 0 Å². The summed E-state index contributed by atoms with van der Waals surface area (Å²) in [5.41, 5.74) is 7.98. The minimum Gasteiger partial charge on any atom is -0.423 e. The Morgan fingerprint density at radius 1 is 1.33 bits per heavy atom. The van der Waals surface area contributed by atoms with E-state index in [1.54, 1.807) is 6.07 Å². The molecule has 4 N–H and O–H groups in total. The van der Waals surface area contributed by atoms with Crippen molar-refractivity contribution in [2.75, 3.05) is 14.1 Å². The predicted molar refractivity (Wildman–Crippen MR) is 61.6 cm³/mol. The monoisotopic (exact) mass is 208 g/mol. The second-order valence-corrected chi connectivity index (χ2v) is 3.85. The lowest BCUT2D eigenvalue weighted by Gasteiger charge is -2.15. The van der Waals surface area contributed by atoms with Crippen molar-refractivity contribution >= 4 is 12.6 Å². The van der Waals surface area contributed by atoms with E-state index >= 15 is 0 Å². The molecule has 0 unspecified atom stereocenters. The Kier molecular flexibility index (Phi) is 4.29. The molecule has 0 heterocycles. The van der Waals surface area contributed by atoms with E-state index in [0.29, 0.717) is 18.6 Å². The third kappa shape index (κ3) is 3.32. The molecule has 0 aliphatic rings. The normalized spacial score (nSPS) is 10.8. The second-order valence-electron chi connectivity index (χ2n) is 3.85. The number of nitrogens with two attached hydrogens (primary N) is 1. The number of hydrogen-bond acceptors (Lipinski definition) is 4. The number of benzene rings is 1. The molecule has 1 rings (SSSR count). The average Bonchev–Trinajstić information content (AvgIpc) is 2.16. The van der Waals surface area contributed by atoms with Crippen LogP contribution in [0.25, 0.3) is 0 Å². The first-order valence-electron chi connectivity index (χ1n) is 4.87. The molecule has 0 aliphatic heterocycles. The lowest BCUT2D eigenvalue weighted by molar-refractivity contribution is 0.399. The number of nitrogens with zero attached hydrogens (tertiary/aromatic N) is 1. The Balaban J connectivity index is 3.05. The largest absolute Gasteiger partial charge is 0.488 e. The van der Waals surface area contributed by atoms with Gasteiger partial charge in [-0.05, 0) is 30.7 Å². The van der Waals surface area contributed by atoms with E-state index in [9.17, 15) is 10.0 Å². The second kappa shape index (κ2) is 5.28. The summed E-state index contributed by atoms with van der Waals surface area (Å²) in [5, 5.41) is 18.4. The Labute approximate surface area is 90.5 Å². The lowest BCUT2D eigenvalue weighted by Crippen LogP contribution is -2.34. The summed E-state index contributed by atoms with van der Waals surface area (Å²) in [5.74, 6) is 0. The lowest BCUT2D eigenvalue weighted by atomic mass is 9.76. The van der Waals surface area contributed by atoms with Crippen molar-refractivity contribution in [1.82, 2.24) is 4.90 Å². The quantitative estimate of drug-likeness (QED) is 0.548. The van der Waals surface area contributed by atoms with Crippen LogP contribution in [0.3, 0.4) is 0 Å². The van der Waals surface area contributed by atoms with Gasteiger partial charge in [-0.25, -0.2) is 0 Å². The van der Waals surface area contributed by atoms with Crippen LogP contribution < -0.4 is 11.2 Å². The van der Waals surface area contributed by atoms with Crippen LogP contribution in [0.5, 0.6) is 0 Å². The van der Waals surface area contributed by atoms with Gasteiger partial charge < -0.3 is 20.7 Å². The fraction of sp³-hybridized carbons (Fsp3) is 0.400. The molecule has 0 bridgehead atoms. The third-order valence-corrected chi connectivity index (χ3v) is 2.21. The van der Waals surface area contributed by atoms with E-state index < -0.39 is 7.12 Å². The summed E-state index contributed by atoms with van der Waals surface area (Å²) in [6.45, 7) is 1.13. The zero-order valence-electron chi connectivity index (χ0n) is 9.14.